The molecule has 0 aromatic carbocycles. The molecule has 71 valence electrons. The summed E-state index contributed by atoms with van der Waals surface area (Å²) in [7, 11) is 0. The van der Waals surface area contributed by atoms with Crippen molar-refractivity contribution in [1.82, 2.24) is 0 Å². The summed E-state index contributed by atoms with van der Waals surface area (Å²) in [5, 5.41) is 8.69. The number of ether oxygens (including phenoxy) is 1. The lowest BCUT2D eigenvalue weighted by Crippen LogP contribution is -2.17. The molecule has 1 aliphatic rings. The van der Waals surface area contributed by atoms with Gasteiger partial charge in [0.2, 0.25) is 0 Å². The molecule has 0 aromatic rings. The van der Waals surface area contributed by atoms with Gasteiger partial charge in [0.1, 0.15) is 0 Å². The van der Waals surface area contributed by atoms with E-state index in [1.54, 1.807) is 21.7 Å². The SMILES string of the molecule is Br.CCC#[C][Mg+2].OC1CCCCO1. The highest BCUT2D eigenvalue weighted by atomic mass is 79.9. The van der Waals surface area contributed by atoms with Crippen LogP contribution in [0.5, 0.6) is 0 Å². The first-order valence-electron chi connectivity index (χ1n) is 4.36. The smallest absolute Gasteiger partial charge is 0.368 e. The predicted molar refractivity (Wildman–Crippen MR) is 60.0 cm³/mol. The summed E-state index contributed by atoms with van der Waals surface area (Å²) in [6.45, 7) is 2.78. The van der Waals surface area contributed by atoms with Gasteiger partial charge in [-0.25, -0.2) is 0 Å². The molecule has 4 heteroatoms. The molecule has 2 nitrogen and oxygen atoms in total. The van der Waals surface area contributed by atoms with Crippen molar-refractivity contribution in [3.8, 4) is 9.97 Å². The van der Waals surface area contributed by atoms with E-state index in [2.05, 4.69) is 9.97 Å². The van der Waals surface area contributed by atoms with Crippen molar-refractivity contribution >= 4 is 38.7 Å². The first kappa shape index (κ1) is 16.2. The standard InChI is InChI=1S/C5H10O2.C4H5.BrH.Mg/c6-5-3-1-2-4-7-5;1-3-4-2;;/h5-6H,1-4H2;3H2,1H3;1H;/q;;;+2. The second kappa shape index (κ2) is 12.7. The first-order valence-corrected chi connectivity index (χ1v) is 5.06. The van der Waals surface area contributed by atoms with Gasteiger partial charge in [0, 0.05) is 13.0 Å². The number of hydrogen-bond donors (Lipinski definition) is 1. The van der Waals surface area contributed by atoms with E-state index in [-0.39, 0.29) is 17.0 Å². The van der Waals surface area contributed by atoms with E-state index in [0.717, 1.165) is 32.3 Å². The maximum absolute atomic E-state index is 8.69. The fourth-order valence-corrected chi connectivity index (χ4v) is 1.10. The zero-order valence-corrected chi connectivity index (χ0v) is 11.2. The minimum absolute atomic E-state index is 0. The molecule has 1 unspecified atom stereocenters. The molecule has 1 heterocycles. The Morgan fingerprint density at radius 1 is 1.54 bits per heavy atom. The van der Waals surface area contributed by atoms with Crippen LogP contribution in [0.2, 0.25) is 0 Å². The van der Waals surface area contributed by atoms with Gasteiger partial charge < -0.3 is 9.84 Å². The highest BCUT2D eigenvalue weighted by Gasteiger charge is 2.17. The summed E-state index contributed by atoms with van der Waals surface area (Å²) in [6.07, 6.45) is 3.57. The van der Waals surface area contributed by atoms with Gasteiger partial charge in [-0.05, 0) is 25.2 Å². The van der Waals surface area contributed by atoms with E-state index < -0.39 is 6.29 Å². The van der Waals surface area contributed by atoms with Crippen LogP contribution in [0.15, 0.2) is 0 Å². The molecule has 0 spiro atoms. The average molecular weight is 260 g/mol. The Morgan fingerprint density at radius 2 is 2.23 bits per heavy atom. The van der Waals surface area contributed by atoms with Gasteiger partial charge in [0.15, 0.2) is 6.29 Å². The Morgan fingerprint density at radius 3 is 2.38 bits per heavy atom. The van der Waals surface area contributed by atoms with Gasteiger partial charge in [-0.1, -0.05) is 6.92 Å². The topological polar surface area (TPSA) is 29.5 Å². The molecule has 0 aromatic heterocycles. The van der Waals surface area contributed by atoms with Crippen LogP contribution in [-0.2, 0) is 4.74 Å². The zero-order valence-electron chi connectivity index (χ0n) is 8.08. The predicted octanol–water partition coefficient (Wildman–Crippen LogP) is 1.61. The molecular formula is C9H16BrMgO2+2. The highest BCUT2D eigenvalue weighted by Crippen LogP contribution is 2.08. The van der Waals surface area contributed by atoms with Gasteiger partial charge in [-0.15, -0.1) is 17.0 Å². The van der Waals surface area contributed by atoms with Crippen LogP contribution in [-0.4, -0.2) is 39.7 Å². The average Bonchev–Trinajstić information content (AvgIpc) is 2.08. The molecule has 1 N–H and O–H groups in total. The molecule has 1 rings (SSSR count). The van der Waals surface area contributed by atoms with Crippen molar-refractivity contribution in [2.75, 3.05) is 6.61 Å². The summed E-state index contributed by atoms with van der Waals surface area (Å²) in [5.74, 6) is 2.87. The molecule has 1 aliphatic heterocycles. The van der Waals surface area contributed by atoms with Crippen molar-refractivity contribution in [3.63, 3.8) is 0 Å². The van der Waals surface area contributed by atoms with Crippen LogP contribution < -0.4 is 0 Å². The van der Waals surface area contributed by atoms with Gasteiger partial charge >= 0.3 is 25.8 Å². The number of aliphatic hydroxyl groups excluding tert-OH is 1. The molecule has 1 atom stereocenters. The third-order valence-electron chi connectivity index (χ3n) is 1.46. The minimum atomic E-state index is -0.464. The number of hydrogen-bond acceptors (Lipinski definition) is 2. The molecular weight excluding hydrogens is 244 g/mol. The van der Waals surface area contributed by atoms with Crippen molar-refractivity contribution in [2.24, 2.45) is 0 Å². The third-order valence-corrected chi connectivity index (χ3v) is 1.71. The van der Waals surface area contributed by atoms with E-state index in [1.807, 2.05) is 6.92 Å². The normalized spacial score (nSPS) is 19.8. The summed E-state index contributed by atoms with van der Waals surface area (Å²) in [5.41, 5.74) is 0. The van der Waals surface area contributed by atoms with Gasteiger partial charge in [0.25, 0.3) is 0 Å². The Kier molecular flexibility index (Phi) is 15.8. The van der Waals surface area contributed by atoms with Gasteiger partial charge in [-0.3, -0.25) is 0 Å². The van der Waals surface area contributed by atoms with E-state index in [1.165, 1.54) is 0 Å². The lowest BCUT2D eigenvalue weighted by atomic mass is 10.2. The van der Waals surface area contributed by atoms with Gasteiger partial charge in [0.05, 0.1) is 0 Å². The molecule has 0 aliphatic carbocycles. The van der Waals surface area contributed by atoms with Crippen LogP contribution in [0.25, 0.3) is 0 Å². The monoisotopic (exact) mass is 259 g/mol. The van der Waals surface area contributed by atoms with Crippen molar-refractivity contribution in [2.45, 2.75) is 38.9 Å². The van der Waals surface area contributed by atoms with E-state index >= 15 is 0 Å². The van der Waals surface area contributed by atoms with E-state index in [9.17, 15) is 0 Å². The largest absolute Gasteiger partial charge is 1.54 e. The van der Waals surface area contributed by atoms with Crippen molar-refractivity contribution in [1.29, 1.82) is 0 Å². The number of aliphatic hydroxyl groups is 1. The minimum Gasteiger partial charge on any atom is -0.368 e. The van der Waals surface area contributed by atoms with Crippen molar-refractivity contribution < 1.29 is 9.84 Å². The van der Waals surface area contributed by atoms with Crippen LogP contribution in [0.1, 0.15) is 32.6 Å². The highest BCUT2D eigenvalue weighted by molar-refractivity contribution is 8.93. The first-order chi connectivity index (χ1) is 5.81. The Labute approximate surface area is 104 Å². The molecule has 0 saturated carbocycles. The zero-order chi connectivity index (χ0) is 9.23. The number of halogens is 1. The summed E-state index contributed by atoms with van der Waals surface area (Å²) >= 11 is 1.69. The van der Waals surface area contributed by atoms with Crippen LogP contribution in [0.4, 0.5) is 0 Å². The van der Waals surface area contributed by atoms with E-state index in [4.69, 9.17) is 9.84 Å². The quantitative estimate of drug-likeness (QED) is 0.530. The fourth-order valence-electron chi connectivity index (χ4n) is 0.849. The Hall–Kier alpha value is 0.726. The third kappa shape index (κ3) is 12.7. The van der Waals surface area contributed by atoms with Crippen LogP contribution in [0.3, 0.4) is 0 Å². The second-order valence-electron chi connectivity index (χ2n) is 2.53. The second-order valence-corrected chi connectivity index (χ2v) is 2.88. The fraction of sp³-hybridized carbons (Fsp3) is 0.778. The van der Waals surface area contributed by atoms with Crippen LogP contribution in [0, 0.1) is 9.97 Å². The van der Waals surface area contributed by atoms with Crippen molar-refractivity contribution in [3.05, 3.63) is 0 Å². The molecule has 7 radical (unpaired) electrons. The number of rotatable bonds is 0. The molecule has 0 bridgehead atoms. The van der Waals surface area contributed by atoms with Crippen LogP contribution >= 0.6 is 17.0 Å². The van der Waals surface area contributed by atoms with Gasteiger partial charge in [-0.2, -0.15) is 0 Å². The summed E-state index contributed by atoms with van der Waals surface area (Å²) in [6, 6.07) is 0. The lowest BCUT2D eigenvalue weighted by Gasteiger charge is -2.16. The van der Waals surface area contributed by atoms with E-state index in [0.29, 0.717) is 0 Å². The molecule has 1 saturated heterocycles. The molecule has 13 heavy (non-hydrogen) atoms. The Balaban J connectivity index is 0. The Bertz CT molecular complexity index is 147. The summed E-state index contributed by atoms with van der Waals surface area (Å²) < 4.78 is 7.63. The molecule has 0 amide bonds. The summed E-state index contributed by atoms with van der Waals surface area (Å²) in [4.78, 5) is 0. The lowest BCUT2D eigenvalue weighted by molar-refractivity contribution is -0.123. The molecule has 1 fully saturated rings. The maximum atomic E-state index is 8.69. The maximum Gasteiger partial charge on any atom is 1.54 e.